The van der Waals surface area contributed by atoms with Gasteiger partial charge < -0.3 is 5.32 Å². The molecule has 1 aromatic rings. The Morgan fingerprint density at radius 1 is 1.19 bits per heavy atom. The number of halogens is 4. The van der Waals surface area contributed by atoms with Gasteiger partial charge in [0.1, 0.15) is 0 Å². The molecule has 0 heterocycles. The maximum atomic E-state index is 12.0. The van der Waals surface area contributed by atoms with Gasteiger partial charge in [-0.3, -0.25) is 0 Å². The molecule has 0 aromatic heterocycles. The first-order valence-corrected chi connectivity index (χ1v) is 5.62. The second-order valence-corrected chi connectivity index (χ2v) is 4.65. The van der Waals surface area contributed by atoms with Crippen LogP contribution in [0.4, 0.5) is 13.2 Å². The van der Waals surface area contributed by atoms with Crippen molar-refractivity contribution in [2.75, 3.05) is 6.54 Å². The summed E-state index contributed by atoms with van der Waals surface area (Å²) in [6.45, 7) is 3.07. The Bertz CT molecular complexity index is 351. The van der Waals surface area contributed by atoms with Gasteiger partial charge in [-0.2, -0.15) is 13.2 Å². The van der Waals surface area contributed by atoms with Crippen molar-refractivity contribution in [3.63, 3.8) is 0 Å². The maximum Gasteiger partial charge on any atom is 0.401 e. The zero-order chi connectivity index (χ0) is 12.3. The Kier molecular flexibility index (Phi) is 4.38. The van der Waals surface area contributed by atoms with E-state index in [-0.39, 0.29) is 6.54 Å². The van der Waals surface area contributed by atoms with Crippen molar-refractivity contribution in [3.05, 3.63) is 33.3 Å². The SMILES string of the molecule is Cc1cc(Br)cc(C)c1CNCC(F)(F)F. The topological polar surface area (TPSA) is 12.0 Å². The molecule has 0 saturated carbocycles. The zero-order valence-corrected chi connectivity index (χ0v) is 10.7. The summed E-state index contributed by atoms with van der Waals surface area (Å²) in [5, 5.41) is 2.40. The van der Waals surface area contributed by atoms with Gasteiger partial charge in [0.15, 0.2) is 0 Å². The van der Waals surface area contributed by atoms with Crippen LogP contribution in [-0.2, 0) is 6.54 Å². The van der Waals surface area contributed by atoms with Crippen LogP contribution in [0.15, 0.2) is 16.6 Å². The second-order valence-electron chi connectivity index (χ2n) is 3.74. The lowest BCUT2D eigenvalue weighted by atomic mass is 10.0. The lowest BCUT2D eigenvalue weighted by Gasteiger charge is -2.13. The molecule has 0 aliphatic carbocycles. The Morgan fingerprint density at radius 2 is 1.69 bits per heavy atom. The van der Waals surface area contributed by atoms with Gasteiger partial charge in [-0.15, -0.1) is 0 Å². The standard InChI is InChI=1S/C11H13BrF3N/c1-7-3-9(12)4-8(2)10(7)5-16-6-11(13,14)15/h3-4,16H,5-6H2,1-2H3. The normalized spacial score (nSPS) is 11.9. The van der Waals surface area contributed by atoms with E-state index in [1.54, 1.807) is 0 Å². The molecule has 0 saturated heterocycles. The summed E-state index contributed by atoms with van der Waals surface area (Å²) in [6.07, 6.45) is -4.16. The third kappa shape index (κ3) is 4.14. The smallest absolute Gasteiger partial charge is 0.305 e. The van der Waals surface area contributed by atoms with Crippen LogP contribution < -0.4 is 5.32 Å². The predicted octanol–water partition coefficient (Wildman–Crippen LogP) is 3.72. The molecule has 1 nitrogen and oxygen atoms in total. The van der Waals surface area contributed by atoms with E-state index in [0.29, 0.717) is 0 Å². The highest BCUT2D eigenvalue weighted by Crippen LogP contribution is 2.21. The number of hydrogen-bond acceptors (Lipinski definition) is 1. The molecule has 0 unspecified atom stereocenters. The lowest BCUT2D eigenvalue weighted by Crippen LogP contribution is -2.28. The molecule has 0 spiro atoms. The third-order valence-electron chi connectivity index (χ3n) is 2.29. The van der Waals surface area contributed by atoms with Crippen LogP contribution in [0.25, 0.3) is 0 Å². The van der Waals surface area contributed by atoms with Crippen LogP contribution in [-0.4, -0.2) is 12.7 Å². The summed E-state index contributed by atoms with van der Waals surface area (Å²) in [5.74, 6) is 0. The van der Waals surface area contributed by atoms with Crippen LogP contribution in [0, 0.1) is 13.8 Å². The highest BCUT2D eigenvalue weighted by molar-refractivity contribution is 9.10. The van der Waals surface area contributed by atoms with E-state index in [0.717, 1.165) is 21.2 Å². The van der Waals surface area contributed by atoms with Gasteiger partial charge in [-0.05, 0) is 42.7 Å². The summed E-state index contributed by atoms with van der Waals surface area (Å²) in [6, 6.07) is 3.80. The first-order valence-electron chi connectivity index (χ1n) is 4.82. The number of alkyl halides is 3. The molecule has 5 heteroatoms. The third-order valence-corrected chi connectivity index (χ3v) is 2.75. The van der Waals surface area contributed by atoms with Gasteiger partial charge in [-0.1, -0.05) is 15.9 Å². The lowest BCUT2D eigenvalue weighted by molar-refractivity contribution is -0.125. The minimum absolute atomic E-state index is 0.241. The minimum atomic E-state index is -4.16. The van der Waals surface area contributed by atoms with Crippen molar-refractivity contribution >= 4 is 15.9 Å². The summed E-state index contributed by atoms with van der Waals surface area (Å²) >= 11 is 3.35. The van der Waals surface area contributed by atoms with Crippen LogP contribution >= 0.6 is 15.9 Å². The molecule has 0 atom stereocenters. The Balaban J connectivity index is 2.68. The molecule has 0 aliphatic heterocycles. The Morgan fingerprint density at radius 3 is 2.12 bits per heavy atom. The number of rotatable bonds is 3. The Labute approximate surface area is 101 Å². The number of aryl methyl sites for hydroxylation is 2. The molecule has 0 amide bonds. The molecule has 0 fully saturated rings. The van der Waals surface area contributed by atoms with E-state index in [1.165, 1.54) is 0 Å². The molecule has 1 rings (SSSR count). The van der Waals surface area contributed by atoms with Gasteiger partial charge in [0.05, 0.1) is 6.54 Å². The predicted molar refractivity (Wildman–Crippen MR) is 61.4 cm³/mol. The van der Waals surface area contributed by atoms with E-state index in [9.17, 15) is 13.2 Å². The van der Waals surface area contributed by atoms with E-state index >= 15 is 0 Å². The molecular formula is C11H13BrF3N. The number of hydrogen-bond donors (Lipinski definition) is 1. The Hall–Kier alpha value is -0.550. The average molecular weight is 296 g/mol. The fourth-order valence-corrected chi connectivity index (χ4v) is 2.24. The van der Waals surface area contributed by atoms with E-state index in [1.807, 2.05) is 26.0 Å². The first-order chi connectivity index (χ1) is 7.29. The van der Waals surface area contributed by atoms with Crippen LogP contribution in [0.2, 0.25) is 0 Å². The molecule has 1 aromatic carbocycles. The van der Waals surface area contributed by atoms with Gasteiger partial charge in [0, 0.05) is 11.0 Å². The summed E-state index contributed by atoms with van der Waals surface area (Å²) in [5.41, 5.74) is 2.90. The van der Waals surface area contributed by atoms with Crippen molar-refractivity contribution in [1.29, 1.82) is 0 Å². The van der Waals surface area contributed by atoms with Crippen molar-refractivity contribution in [2.45, 2.75) is 26.6 Å². The van der Waals surface area contributed by atoms with Gasteiger partial charge >= 0.3 is 6.18 Å². The van der Waals surface area contributed by atoms with Crippen LogP contribution in [0.1, 0.15) is 16.7 Å². The molecule has 1 N–H and O–H groups in total. The van der Waals surface area contributed by atoms with Crippen molar-refractivity contribution in [2.24, 2.45) is 0 Å². The van der Waals surface area contributed by atoms with E-state index in [4.69, 9.17) is 0 Å². The summed E-state index contributed by atoms with van der Waals surface area (Å²) in [7, 11) is 0. The highest BCUT2D eigenvalue weighted by Gasteiger charge is 2.26. The molecule has 0 radical (unpaired) electrons. The van der Waals surface area contributed by atoms with Crippen LogP contribution in [0.3, 0.4) is 0 Å². The highest BCUT2D eigenvalue weighted by atomic mass is 79.9. The molecule has 16 heavy (non-hydrogen) atoms. The van der Waals surface area contributed by atoms with Crippen LogP contribution in [0.5, 0.6) is 0 Å². The largest absolute Gasteiger partial charge is 0.401 e. The quantitative estimate of drug-likeness (QED) is 0.896. The van der Waals surface area contributed by atoms with Crippen molar-refractivity contribution < 1.29 is 13.2 Å². The van der Waals surface area contributed by atoms with E-state index in [2.05, 4.69) is 21.2 Å². The monoisotopic (exact) mass is 295 g/mol. The molecule has 0 aliphatic rings. The van der Waals surface area contributed by atoms with Crippen molar-refractivity contribution in [3.8, 4) is 0 Å². The number of nitrogens with one attached hydrogen (secondary N) is 1. The fraction of sp³-hybridized carbons (Fsp3) is 0.455. The molecule has 90 valence electrons. The second kappa shape index (κ2) is 5.19. The van der Waals surface area contributed by atoms with E-state index < -0.39 is 12.7 Å². The molecular weight excluding hydrogens is 283 g/mol. The van der Waals surface area contributed by atoms with Crippen molar-refractivity contribution in [1.82, 2.24) is 5.32 Å². The maximum absolute atomic E-state index is 12.0. The zero-order valence-electron chi connectivity index (χ0n) is 9.08. The van der Waals surface area contributed by atoms with Gasteiger partial charge in [-0.25, -0.2) is 0 Å². The average Bonchev–Trinajstić information content (AvgIpc) is 2.07. The van der Waals surface area contributed by atoms with Gasteiger partial charge in [0.25, 0.3) is 0 Å². The summed E-state index contributed by atoms with van der Waals surface area (Å²) in [4.78, 5) is 0. The first kappa shape index (κ1) is 13.5. The molecule has 0 bridgehead atoms. The number of benzene rings is 1. The summed E-state index contributed by atoms with van der Waals surface area (Å²) < 4.78 is 36.8. The van der Waals surface area contributed by atoms with Gasteiger partial charge in [0.2, 0.25) is 0 Å². The fourth-order valence-electron chi connectivity index (χ4n) is 1.55. The minimum Gasteiger partial charge on any atom is -0.305 e.